The van der Waals surface area contributed by atoms with Crippen molar-refractivity contribution in [2.45, 2.75) is 13.5 Å². The summed E-state index contributed by atoms with van der Waals surface area (Å²) in [4.78, 5) is 0. The number of hydrogen-bond donors (Lipinski definition) is 1. The van der Waals surface area contributed by atoms with E-state index in [0.717, 1.165) is 0 Å². The Morgan fingerprint density at radius 2 is 2.18 bits per heavy atom. The minimum absolute atomic E-state index is 0.0966. The molecule has 22 heavy (non-hydrogen) atoms. The first kappa shape index (κ1) is 16.4. The molecule has 2 rings (SSSR count). The highest BCUT2D eigenvalue weighted by Crippen LogP contribution is 2.23. The van der Waals surface area contributed by atoms with Crippen molar-refractivity contribution in [3.8, 4) is 17.0 Å². The molecule has 1 aromatic carbocycles. The summed E-state index contributed by atoms with van der Waals surface area (Å²) >= 11 is 0. The van der Waals surface area contributed by atoms with Gasteiger partial charge in [-0.3, -0.25) is 4.68 Å². The van der Waals surface area contributed by atoms with Gasteiger partial charge in [0.2, 0.25) is 10.0 Å². The van der Waals surface area contributed by atoms with Crippen LogP contribution in [0, 0.1) is 5.82 Å². The third-order valence-corrected chi connectivity index (χ3v) is 4.39. The van der Waals surface area contributed by atoms with Crippen molar-refractivity contribution in [3.63, 3.8) is 0 Å². The zero-order valence-corrected chi connectivity index (χ0v) is 13.1. The Morgan fingerprint density at radius 3 is 2.82 bits per heavy atom. The predicted octanol–water partition coefficient (Wildman–Crippen LogP) is 1.03. The first-order valence-electron chi connectivity index (χ1n) is 6.66. The van der Waals surface area contributed by atoms with Crippen LogP contribution in [0.25, 0.3) is 11.3 Å². The van der Waals surface area contributed by atoms with Crippen LogP contribution in [0.2, 0.25) is 0 Å². The third-order valence-electron chi connectivity index (χ3n) is 2.94. The minimum atomic E-state index is -3.32. The molecule has 120 valence electrons. The third kappa shape index (κ3) is 4.01. The Bertz CT molecular complexity index is 745. The Balaban J connectivity index is 2.10. The molecule has 1 N–H and O–H groups in total. The molecule has 2 aromatic rings. The van der Waals surface area contributed by atoms with Crippen molar-refractivity contribution in [3.05, 3.63) is 30.2 Å². The van der Waals surface area contributed by atoms with Gasteiger partial charge in [0.15, 0.2) is 11.6 Å². The van der Waals surface area contributed by atoms with E-state index in [1.807, 2.05) is 0 Å². The van der Waals surface area contributed by atoms with E-state index in [1.54, 1.807) is 19.2 Å². The average Bonchev–Trinajstić information content (AvgIpc) is 2.94. The fourth-order valence-corrected chi connectivity index (χ4v) is 2.88. The fraction of sp³-hybridized carbons (Fsp3) is 0.385. The van der Waals surface area contributed by atoms with Crippen LogP contribution in [-0.2, 0) is 16.6 Å². The zero-order chi connectivity index (χ0) is 16.2. The van der Waals surface area contributed by atoms with E-state index in [4.69, 9.17) is 4.74 Å². The normalized spacial score (nSPS) is 11.6. The number of aromatic nitrogens is 3. The van der Waals surface area contributed by atoms with E-state index < -0.39 is 15.8 Å². The number of aryl methyl sites for hydroxylation is 1. The van der Waals surface area contributed by atoms with E-state index in [-0.39, 0.29) is 18.0 Å². The van der Waals surface area contributed by atoms with Crippen LogP contribution >= 0.6 is 0 Å². The van der Waals surface area contributed by atoms with Gasteiger partial charge in [-0.15, -0.1) is 5.10 Å². The quantitative estimate of drug-likeness (QED) is 0.820. The van der Waals surface area contributed by atoms with Gasteiger partial charge in [0, 0.05) is 12.1 Å². The van der Waals surface area contributed by atoms with Crippen LogP contribution in [0.15, 0.2) is 24.4 Å². The first-order valence-corrected chi connectivity index (χ1v) is 8.32. The SMILES string of the molecule is CCNS(=O)(=O)CCn1cc(-c2ccc(OC)c(F)c2)nn1. The highest BCUT2D eigenvalue weighted by molar-refractivity contribution is 7.89. The summed E-state index contributed by atoms with van der Waals surface area (Å²) in [6, 6.07) is 4.45. The van der Waals surface area contributed by atoms with Gasteiger partial charge >= 0.3 is 0 Å². The number of nitrogens with zero attached hydrogens (tertiary/aromatic N) is 3. The monoisotopic (exact) mass is 328 g/mol. The maximum absolute atomic E-state index is 13.7. The molecule has 1 heterocycles. The zero-order valence-electron chi connectivity index (χ0n) is 12.3. The second-order valence-corrected chi connectivity index (χ2v) is 6.46. The molecule has 0 unspecified atom stereocenters. The highest BCUT2D eigenvalue weighted by Gasteiger charge is 2.11. The van der Waals surface area contributed by atoms with Gasteiger partial charge in [-0.1, -0.05) is 12.1 Å². The number of benzene rings is 1. The molecule has 0 amide bonds. The number of sulfonamides is 1. The summed E-state index contributed by atoms with van der Waals surface area (Å²) < 4.78 is 45.4. The molecule has 7 nitrogen and oxygen atoms in total. The standard InChI is InChI=1S/C13H17FN4O3S/c1-3-15-22(19,20)7-6-18-9-12(16-17-18)10-4-5-13(21-2)11(14)8-10/h4-5,8-9,15H,3,6-7H2,1-2H3. The molecule has 9 heteroatoms. The van der Waals surface area contributed by atoms with Crippen molar-refractivity contribution >= 4 is 10.0 Å². The Kier molecular flexibility index (Phi) is 5.09. The van der Waals surface area contributed by atoms with E-state index in [2.05, 4.69) is 15.0 Å². The van der Waals surface area contributed by atoms with Crippen molar-refractivity contribution in [1.29, 1.82) is 0 Å². The molecule has 0 fully saturated rings. The lowest BCUT2D eigenvalue weighted by Gasteiger charge is -2.04. The molecule has 0 radical (unpaired) electrons. The summed E-state index contributed by atoms with van der Waals surface area (Å²) in [6.45, 7) is 2.22. The van der Waals surface area contributed by atoms with Gasteiger partial charge in [0.25, 0.3) is 0 Å². The number of nitrogens with one attached hydrogen (secondary N) is 1. The predicted molar refractivity (Wildman–Crippen MR) is 79.4 cm³/mol. The molecule has 0 saturated heterocycles. The Hall–Kier alpha value is -2.00. The summed E-state index contributed by atoms with van der Waals surface area (Å²) in [7, 11) is -1.93. The number of rotatable bonds is 7. The Morgan fingerprint density at radius 1 is 1.41 bits per heavy atom. The molecule has 0 atom stereocenters. The van der Waals surface area contributed by atoms with Crippen LogP contribution in [0.3, 0.4) is 0 Å². The summed E-state index contributed by atoms with van der Waals surface area (Å²) in [6.07, 6.45) is 1.57. The average molecular weight is 328 g/mol. The second-order valence-electron chi connectivity index (χ2n) is 4.53. The van der Waals surface area contributed by atoms with Crippen LogP contribution in [0.4, 0.5) is 4.39 Å². The molecule has 0 aliphatic rings. The van der Waals surface area contributed by atoms with Crippen LogP contribution in [0.1, 0.15) is 6.92 Å². The van der Waals surface area contributed by atoms with Gasteiger partial charge in [-0.2, -0.15) is 0 Å². The molecule has 1 aromatic heterocycles. The lowest BCUT2D eigenvalue weighted by molar-refractivity contribution is 0.386. The number of methoxy groups -OCH3 is 1. The van der Waals surface area contributed by atoms with Crippen molar-refractivity contribution < 1.29 is 17.5 Å². The first-order chi connectivity index (χ1) is 10.4. The van der Waals surface area contributed by atoms with E-state index in [9.17, 15) is 12.8 Å². The molecule has 0 saturated carbocycles. The molecule has 0 aliphatic carbocycles. The molecular formula is C13H17FN4O3S. The maximum atomic E-state index is 13.7. The lowest BCUT2D eigenvalue weighted by atomic mass is 10.1. The molecule has 0 bridgehead atoms. The van der Waals surface area contributed by atoms with E-state index in [0.29, 0.717) is 17.8 Å². The number of halogens is 1. The summed E-state index contributed by atoms with van der Waals surface area (Å²) in [5.74, 6) is -0.446. The Labute approximate surface area is 128 Å². The minimum Gasteiger partial charge on any atom is -0.494 e. The summed E-state index contributed by atoms with van der Waals surface area (Å²) in [5.41, 5.74) is 1.00. The lowest BCUT2D eigenvalue weighted by Crippen LogP contribution is -2.28. The molecular weight excluding hydrogens is 311 g/mol. The van der Waals surface area contributed by atoms with Gasteiger partial charge in [-0.25, -0.2) is 17.5 Å². The van der Waals surface area contributed by atoms with Crippen molar-refractivity contribution in [2.24, 2.45) is 0 Å². The van der Waals surface area contributed by atoms with Crippen LogP contribution in [-0.4, -0.2) is 42.8 Å². The summed E-state index contributed by atoms with van der Waals surface area (Å²) in [5, 5.41) is 7.77. The molecule has 0 aliphatic heterocycles. The van der Waals surface area contributed by atoms with Gasteiger partial charge in [-0.05, 0) is 18.2 Å². The largest absolute Gasteiger partial charge is 0.494 e. The van der Waals surface area contributed by atoms with Crippen molar-refractivity contribution in [1.82, 2.24) is 19.7 Å². The van der Waals surface area contributed by atoms with Crippen molar-refractivity contribution in [2.75, 3.05) is 19.4 Å². The fourth-order valence-electron chi connectivity index (χ4n) is 1.87. The maximum Gasteiger partial charge on any atom is 0.213 e. The van der Waals surface area contributed by atoms with Gasteiger partial charge < -0.3 is 4.74 Å². The number of hydrogen-bond acceptors (Lipinski definition) is 5. The second kappa shape index (κ2) is 6.84. The van der Waals surface area contributed by atoms with Crippen LogP contribution in [0.5, 0.6) is 5.75 Å². The topological polar surface area (TPSA) is 86.1 Å². The molecule has 0 spiro atoms. The van der Waals surface area contributed by atoms with E-state index >= 15 is 0 Å². The van der Waals surface area contributed by atoms with Gasteiger partial charge in [0.1, 0.15) is 5.69 Å². The van der Waals surface area contributed by atoms with E-state index in [1.165, 1.54) is 23.9 Å². The highest BCUT2D eigenvalue weighted by atomic mass is 32.2. The smallest absolute Gasteiger partial charge is 0.213 e. The number of ether oxygens (including phenoxy) is 1. The van der Waals surface area contributed by atoms with Gasteiger partial charge in [0.05, 0.1) is 25.6 Å². The van der Waals surface area contributed by atoms with Crippen LogP contribution < -0.4 is 9.46 Å².